The van der Waals surface area contributed by atoms with E-state index in [0.29, 0.717) is 0 Å². The molecule has 1 fully saturated rings. The second-order valence-electron chi connectivity index (χ2n) is 5.02. The molecule has 2 rings (SSSR count). The number of rotatable bonds is 5. The predicted octanol–water partition coefficient (Wildman–Crippen LogP) is 3.43. The smallest absolute Gasteiger partial charge is 0.152 e. The quantitative estimate of drug-likeness (QED) is 0.724. The topological polar surface area (TPSA) is 20.3 Å². The molecule has 2 nitrogen and oxygen atoms in total. The molecule has 0 atom stereocenters. The van der Waals surface area contributed by atoms with Crippen LogP contribution in [-0.4, -0.2) is 19.4 Å². The molecule has 17 heavy (non-hydrogen) atoms. The number of carbonyl (C=O) groups excluding carboxylic acids is 1. The highest BCUT2D eigenvalue weighted by molar-refractivity contribution is 5.85. The number of anilines is 1. The Morgan fingerprint density at radius 2 is 2.18 bits per heavy atom. The van der Waals surface area contributed by atoms with Gasteiger partial charge in [0.05, 0.1) is 0 Å². The van der Waals surface area contributed by atoms with Gasteiger partial charge >= 0.3 is 0 Å². The van der Waals surface area contributed by atoms with Crippen molar-refractivity contribution in [1.82, 2.24) is 0 Å². The summed E-state index contributed by atoms with van der Waals surface area (Å²) in [7, 11) is 0. The van der Waals surface area contributed by atoms with Gasteiger partial charge in [0.2, 0.25) is 0 Å². The number of nitrogens with zero attached hydrogens (tertiary/aromatic N) is 1. The van der Waals surface area contributed by atoms with Crippen LogP contribution in [0.3, 0.4) is 0 Å². The Labute approximate surface area is 104 Å². The van der Waals surface area contributed by atoms with Gasteiger partial charge in [0.15, 0.2) is 6.29 Å². The van der Waals surface area contributed by atoms with Crippen molar-refractivity contribution in [2.24, 2.45) is 5.92 Å². The van der Waals surface area contributed by atoms with Crippen LogP contribution in [0, 0.1) is 12.8 Å². The molecule has 0 aliphatic heterocycles. The fraction of sp³-hybridized carbons (Fsp3) is 0.533. The summed E-state index contributed by atoms with van der Waals surface area (Å²) in [6, 6.07) is 6.15. The van der Waals surface area contributed by atoms with Crippen LogP contribution in [-0.2, 0) is 0 Å². The Hall–Kier alpha value is -1.31. The van der Waals surface area contributed by atoms with Crippen LogP contribution < -0.4 is 4.90 Å². The number of hydrogen-bond acceptors (Lipinski definition) is 2. The second-order valence-corrected chi connectivity index (χ2v) is 5.02. The van der Waals surface area contributed by atoms with Crippen molar-refractivity contribution in [3.8, 4) is 0 Å². The third-order valence-electron chi connectivity index (χ3n) is 3.74. The third-order valence-corrected chi connectivity index (χ3v) is 3.74. The SMILES string of the molecule is CCN(CC1CCC1)c1ccc(C)cc1C=O. The van der Waals surface area contributed by atoms with Crippen molar-refractivity contribution in [3.05, 3.63) is 29.3 Å². The van der Waals surface area contributed by atoms with Crippen molar-refractivity contribution >= 4 is 12.0 Å². The van der Waals surface area contributed by atoms with Crippen LogP contribution in [0.2, 0.25) is 0 Å². The minimum Gasteiger partial charge on any atom is -0.371 e. The Morgan fingerprint density at radius 1 is 1.41 bits per heavy atom. The molecule has 1 aliphatic rings. The molecule has 1 aliphatic carbocycles. The minimum atomic E-state index is 0.825. The van der Waals surface area contributed by atoms with E-state index in [1.165, 1.54) is 19.3 Å². The van der Waals surface area contributed by atoms with Gasteiger partial charge in [-0.2, -0.15) is 0 Å². The normalized spacial score (nSPS) is 15.4. The average Bonchev–Trinajstić information content (AvgIpc) is 2.29. The summed E-state index contributed by atoms with van der Waals surface area (Å²) in [5.74, 6) is 0.829. The van der Waals surface area contributed by atoms with Gasteiger partial charge < -0.3 is 4.90 Å². The molecular weight excluding hydrogens is 210 g/mol. The molecular formula is C15H21NO. The monoisotopic (exact) mass is 231 g/mol. The summed E-state index contributed by atoms with van der Waals surface area (Å²) in [5, 5.41) is 0. The zero-order valence-corrected chi connectivity index (χ0v) is 10.8. The van der Waals surface area contributed by atoms with E-state index in [0.717, 1.165) is 42.1 Å². The summed E-state index contributed by atoms with van der Waals surface area (Å²) in [6.45, 7) is 6.26. The van der Waals surface area contributed by atoms with Crippen molar-refractivity contribution < 1.29 is 4.79 Å². The fourth-order valence-corrected chi connectivity index (χ4v) is 2.44. The molecule has 1 saturated carbocycles. The summed E-state index contributed by atoms with van der Waals surface area (Å²) >= 11 is 0. The van der Waals surface area contributed by atoms with Gasteiger partial charge in [-0.1, -0.05) is 18.1 Å². The van der Waals surface area contributed by atoms with E-state index in [9.17, 15) is 4.79 Å². The molecule has 1 aromatic carbocycles. The Morgan fingerprint density at radius 3 is 2.71 bits per heavy atom. The fourth-order valence-electron chi connectivity index (χ4n) is 2.44. The van der Waals surface area contributed by atoms with E-state index < -0.39 is 0 Å². The van der Waals surface area contributed by atoms with Gasteiger partial charge in [-0.25, -0.2) is 0 Å². The number of benzene rings is 1. The van der Waals surface area contributed by atoms with Crippen LogP contribution in [0.15, 0.2) is 18.2 Å². The van der Waals surface area contributed by atoms with Crippen LogP contribution in [0.5, 0.6) is 0 Å². The maximum Gasteiger partial charge on any atom is 0.152 e. The summed E-state index contributed by atoms with van der Waals surface area (Å²) in [4.78, 5) is 13.5. The highest BCUT2D eigenvalue weighted by Crippen LogP contribution is 2.30. The maximum atomic E-state index is 11.1. The first-order chi connectivity index (χ1) is 8.24. The van der Waals surface area contributed by atoms with Crippen molar-refractivity contribution in [1.29, 1.82) is 0 Å². The molecule has 0 aromatic heterocycles. The molecule has 92 valence electrons. The van der Waals surface area contributed by atoms with Gasteiger partial charge in [-0.05, 0) is 44.7 Å². The van der Waals surface area contributed by atoms with Gasteiger partial charge in [0.25, 0.3) is 0 Å². The zero-order valence-electron chi connectivity index (χ0n) is 10.8. The molecule has 0 bridgehead atoms. The molecule has 0 saturated heterocycles. The molecule has 0 amide bonds. The largest absolute Gasteiger partial charge is 0.371 e. The Bertz CT molecular complexity index is 396. The highest BCUT2D eigenvalue weighted by Gasteiger charge is 2.21. The van der Waals surface area contributed by atoms with Crippen molar-refractivity contribution in [2.75, 3.05) is 18.0 Å². The predicted molar refractivity (Wildman–Crippen MR) is 71.8 cm³/mol. The van der Waals surface area contributed by atoms with E-state index in [1.807, 2.05) is 13.0 Å². The van der Waals surface area contributed by atoms with E-state index in [1.54, 1.807) is 0 Å². The van der Waals surface area contributed by atoms with Gasteiger partial charge in [0, 0.05) is 24.3 Å². The molecule has 0 heterocycles. The molecule has 0 N–H and O–H groups in total. The molecule has 0 spiro atoms. The van der Waals surface area contributed by atoms with E-state index in [4.69, 9.17) is 0 Å². The van der Waals surface area contributed by atoms with E-state index >= 15 is 0 Å². The first-order valence-corrected chi connectivity index (χ1v) is 6.55. The zero-order chi connectivity index (χ0) is 12.3. The second kappa shape index (κ2) is 5.35. The van der Waals surface area contributed by atoms with E-state index in [2.05, 4.69) is 24.0 Å². The lowest BCUT2D eigenvalue weighted by Gasteiger charge is -2.33. The van der Waals surface area contributed by atoms with Crippen LogP contribution in [0.4, 0.5) is 5.69 Å². The van der Waals surface area contributed by atoms with E-state index in [-0.39, 0.29) is 0 Å². The van der Waals surface area contributed by atoms with Gasteiger partial charge in [0.1, 0.15) is 0 Å². The number of aryl methyl sites for hydroxylation is 1. The van der Waals surface area contributed by atoms with Crippen molar-refractivity contribution in [3.63, 3.8) is 0 Å². The highest BCUT2D eigenvalue weighted by atomic mass is 16.1. The van der Waals surface area contributed by atoms with Gasteiger partial charge in [-0.15, -0.1) is 0 Å². The van der Waals surface area contributed by atoms with Crippen LogP contribution in [0.25, 0.3) is 0 Å². The number of hydrogen-bond donors (Lipinski definition) is 0. The lowest BCUT2D eigenvalue weighted by Crippen LogP contribution is -2.33. The molecule has 0 unspecified atom stereocenters. The molecule has 0 radical (unpaired) electrons. The molecule has 1 aromatic rings. The van der Waals surface area contributed by atoms with Crippen LogP contribution in [0.1, 0.15) is 42.1 Å². The minimum absolute atomic E-state index is 0.825. The first kappa shape index (κ1) is 12.2. The lowest BCUT2D eigenvalue weighted by molar-refractivity contribution is 0.112. The summed E-state index contributed by atoms with van der Waals surface area (Å²) in [6.07, 6.45) is 5.04. The lowest BCUT2D eigenvalue weighted by atomic mass is 9.85. The summed E-state index contributed by atoms with van der Waals surface area (Å²) < 4.78 is 0. The molecule has 2 heteroatoms. The Kier molecular flexibility index (Phi) is 3.82. The average molecular weight is 231 g/mol. The summed E-state index contributed by atoms with van der Waals surface area (Å²) in [5.41, 5.74) is 3.07. The standard InChI is InChI=1S/C15H21NO/c1-3-16(10-13-5-4-6-13)15-8-7-12(2)9-14(15)11-17/h7-9,11,13H,3-6,10H2,1-2H3. The Balaban J connectivity index is 2.19. The first-order valence-electron chi connectivity index (χ1n) is 6.55. The van der Waals surface area contributed by atoms with Crippen molar-refractivity contribution in [2.45, 2.75) is 33.1 Å². The van der Waals surface area contributed by atoms with Crippen LogP contribution >= 0.6 is 0 Å². The number of carbonyl (C=O) groups is 1. The number of aldehydes is 1. The third kappa shape index (κ3) is 2.68. The maximum absolute atomic E-state index is 11.1. The van der Waals surface area contributed by atoms with Gasteiger partial charge in [-0.3, -0.25) is 4.79 Å².